The highest BCUT2D eigenvalue weighted by Crippen LogP contribution is 2.05. The van der Waals surface area contributed by atoms with Crippen molar-refractivity contribution in [1.82, 2.24) is 10.3 Å². The lowest BCUT2D eigenvalue weighted by Gasteiger charge is -2.06. The van der Waals surface area contributed by atoms with Crippen LogP contribution in [0.2, 0.25) is 0 Å². The van der Waals surface area contributed by atoms with E-state index in [1.165, 1.54) is 18.3 Å². The van der Waals surface area contributed by atoms with Gasteiger partial charge in [0.1, 0.15) is 5.69 Å². The molecule has 3 amide bonds. The molecular weight excluding hydrogens is 240 g/mol. The standard InChI is InChI=1S/C10H12N4O4/c11-8(15)3-4-12-10(18)14-6-1-2-7(9(16)17)13-5-6/h1-2,5H,3-4H2,(H2,11,15)(H,16,17)(H2,12,14,18). The lowest BCUT2D eigenvalue weighted by atomic mass is 10.3. The number of carbonyl (C=O) groups excluding carboxylic acids is 2. The molecule has 0 aromatic carbocycles. The van der Waals surface area contributed by atoms with Gasteiger partial charge in [0.05, 0.1) is 11.9 Å². The molecule has 5 N–H and O–H groups in total. The maximum Gasteiger partial charge on any atom is 0.354 e. The molecule has 0 spiro atoms. The van der Waals surface area contributed by atoms with Gasteiger partial charge in [0.15, 0.2) is 0 Å². The quantitative estimate of drug-likeness (QED) is 0.574. The number of pyridine rings is 1. The summed E-state index contributed by atoms with van der Waals surface area (Å²) in [4.78, 5) is 35.9. The van der Waals surface area contributed by atoms with Gasteiger partial charge in [-0.15, -0.1) is 0 Å². The minimum Gasteiger partial charge on any atom is -0.477 e. The van der Waals surface area contributed by atoms with E-state index in [1.807, 2.05) is 0 Å². The zero-order valence-corrected chi connectivity index (χ0v) is 9.34. The summed E-state index contributed by atoms with van der Waals surface area (Å²) in [5.74, 6) is -1.66. The van der Waals surface area contributed by atoms with Crippen LogP contribution < -0.4 is 16.4 Å². The van der Waals surface area contributed by atoms with E-state index in [2.05, 4.69) is 15.6 Å². The lowest BCUT2D eigenvalue weighted by Crippen LogP contribution is -2.31. The number of hydrogen-bond donors (Lipinski definition) is 4. The Bertz CT molecular complexity index is 457. The fraction of sp³-hybridized carbons (Fsp3) is 0.200. The van der Waals surface area contributed by atoms with E-state index >= 15 is 0 Å². The summed E-state index contributed by atoms with van der Waals surface area (Å²) in [5, 5.41) is 13.4. The number of carboxylic acid groups (broad SMARTS) is 1. The largest absolute Gasteiger partial charge is 0.477 e. The average Bonchev–Trinajstić information content (AvgIpc) is 2.29. The molecule has 1 aromatic heterocycles. The molecule has 8 heteroatoms. The van der Waals surface area contributed by atoms with Gasteiger partial charge in [-0.3, -0.25) is 4.79 Å². The fourth-order valence-electron chi connectivity index (χ4n) is 1.07. The van der Waals surface area contributed by atoms with Gasteiger partial charge in [-0.25, -0.2) is 14.6 Å². The van der Waals surface area contributed by atoms with Crippen molar-refractivity contribution < 1.29 is 19.5 Å². The zero-order valence-electron chi connectivity index (χ0n) is 9.34. The van der Waals surface area contributed by atoms with E-state index in [-0.39, 0.29) is 18.7 Å². The number of nitrogens with one attached hydrogen (secondary N) is 2. The molecular formula is C10H12N4O4. The molecule has 0 saturated carbocycles. The van der Waals surface area contributed by atoms with Crippen LogP contribution in [-0.2, 0) is 4.79 Å². The zero-order chi connectivity index (χ0) is 13.5. The van der Waals surface area contributed by atoms with E-state index in [0.29, 0.717) is 5.69 Å². The molecule has 0 unspecified atom stereocenters. The van der Waals surface area contributed by atoms with E-state index in [0.717, 1.165) is 0 Å². The fourth-order valence-corrected chi connectivity index (χ4v) is 1.07. The number of nitrogens with zero attached hydrogens (tertiary/aromatic N) is 1. The topological polar surface area (TPSA) is 134 Å². The van der Waals surface area contributed by atoms with E-state index < -0.39 is 17.9 Å². The lowest BCUT2D eigenvalue weighted by molar-refractivity contribution is -0.117. The van der Waals surface area contributed by atoms with Gasteiger partial charge >= 0.3 is 12.0 Å². The highest BCUT2D eigenvalue weighted by Gasteiger charge is 2.05. The van der Waals surface area contributed by atoms with Crippen LogP contribution in [-0.4, -0.2) is 34.5 Å². The average molecular weight is 252 g/mol. The summed E-state index contributed by atoms with van der Waals surface area (Å²) in [6.45, 7) is 0.127. The Morgan fingerprint density at radius 1 is 1.33 bits per heavy atom. The van der Waals surface area contributed by atoms with Gasteiger partial charge in [-0.05, 0) is 12.1 Å². The van der Waals surface area contributed by atoms with Crippen LogP contribution in [0, 0.1) is 0 Å². The van der Waals surface area contributed by atoms with Crippen molar-refractivity contribution in [2.75, 3.05) is 11.9 Å². The number of hydrogen-bond acceptors (Lipinski definition) is 4. The molecule has 0 aliphatic rings. The number of urea groups is 1. The maximum absolute atomic E-state index is 11.3. The molecule has 0 saturated heterocycles. The van der Waals surface area contributed by atoms with Crippen LogP contribution in [0.15, 0.2) is 18.3 Å². The van der Waals surface area contributed by atoms with Crippen LogP contribution in [0.25, 0.3) is 0 Å². The van der Waals surface area contributed by atoms with Crippen molar-refractivity contribution in [1.29, 1.82) is 0 Å². The second-order valence-corrected chi connectivity index (χ2v) is 3.33. The molecule has 96 valence electrons. The molecule has 1 aromatic rings. The third-order valence-corrected chi connectivity index (χ3v) is 1.90. The highest BCUT2D eigenvalue weighted by atomic mass is 16.4. The number of amides is 3. The molecule has 0 fully saturated rings. The SMILES string of the molecule is NC(=O)CCNC(=O)Nc1ccc(C(=O)O)nc1. The van der Waals surface area contributed by atoms with Gasteiger partial charge in [-0.1, -0.05) is 0 Å². The molecule has 1 rings (SSSR count). The Hall–Kier alpha value is -2.64. The summed E-state index contributed by atoms with van der Waals surface area (Å²) in [6.07, 6.45) is 1.26. The molecule has 0 aliphatic heterocycles. The number of carboxylic acids is 1. The number of nitrogens with two attached hydrogens (primary N) is 1. The Morgan fingerprint density at radius 3 is 2.56 bits per heavy atom. The number of aromatic nitrogens is 1. The smallest absolute Gasteiger partial charge is 0.354 e. The highest BCUT2D eigenvalue weighted by molar-refractivity contribution is 5.90. The van der Waals surface area contributed by atoms with Crippen molar-refractivity contribution >= 4 is 23.6 Å². The Morgan fingerprint density at radius 2 is 2.06 bits per heavy atom. The van der Waals surface area contributed by atoms with Crippen molar-refractivity contribution in [3.8, 4) is 0 Å². The first kappa shape index (κ1) is 13.4. The normalized spacial score (nSPS) is 9.56. The van der Waals surface area contributed by atoms with E-state index in [9.17, 15) is 14.4 Å². The second-order valence-electron chi connectivity index (χ2n) is 3.33. The molecule has 18 heavy (non-hydrogen) atoms. The van der Waals surface area contributed by atoms with Crippen molar-refractivity contribution in [3.63, 3.8) is 0 Å². The Labute approximate surface area is 102 Å². The summed E-state index contributed by atoms with van der Waals surface area (Å²) in [5.41, 5.74) is 5.13. The van der Waals surface area contributed by atoms with Crippen LogP contribution in [0.3, 0.4) is 0 Å². The third-order valence-electron chi connectivity index (χ3n) is 1.90. The molecule has 0 radical (unpaired) electrons. The molecule has 8 nitrogen and oxygen atoms in total. The van der Waals surface area contributed by atoms with Crippen molar-refractivity contribution in [2.45, 2.75) is 6.42 Å². The Balaban J connectivity index is 2.44. The number of primary amides is 1. The molecule has 0 bridgehead atoms. The van der Waals surface area contributed by atoms with E-state index in [4.69, 9.17) is 10.8 Å². The predicted octanol–water partition coefficient (Wildman–Crippen LogP) is -0.223. The first-order chi connectivity index (χ1) is 8.49. The van der Waals surface area contributed by atoms with Gasteiger partial charge < -0.3 is 21.5 Å². The van der Waals surface area contributed by atoms with Crippen molar-refractivity contribution in [3.05, 3.63) is 24.0 Å². The van der Waals surface area contributed by atoms with Crippen LogP contribution in [0.1, 0.15) is 16.9 Å². The first-order valence-corrected chi connectivity index (χ1v) is 5.01. The van der Waals surface area contributed by atoms with Crippen LogP contribution in [0.5, 0.6) is 0 Å². The maximum atomic E-state index is 11.3. The number of aromatic carboxylic acids is 1. The number of anilines is 1. The van der Waals surface area contributed by atoms with Crippen LogP contribution in [0.4, 0.5) is 10.5 Å². The number of rotatable bonds is 5. The van der Waals surface area contributed by atoms with E-state index in [1.54, 1.807) is 0 Å². The minimum absolute atomic E-state index is 0.0453. The van der Waals surface area contributed by atoms with Crippen LogP contribution >= 0.6 is 0 Å². The molecule has 0 atom stereocenters. The Kier molecular flexibility index (Phi) is 4.61. The van der Waals surface area contributed by atoms with Gasteiger partial charge in [0, 0.05) is 13.0 Å². The second kappa shape index (κ2) is 6.18. The van der Waals surface area contributed by atoms with Gasteiger partial charge in [0.2, 0.25) is 5.91 Å². The minimum atomic E-state index is -1.15. The summed E-state index contributed by atoms with van der Waals surface area (Å²) in [6, 6.07) is 2.15. The monoisotopic (exact) mass is 252 g/mol. The van der Waals surface area contributed by atoms with Gasteiger partial charge in [-0.2, -0.15) is 0 Å². The third kappa shape index (κ3) is 4.47. The van der Waals surface area contributed by atoms with Gasteiger partial charge in [0.25, 0.3) is 0 Å². The molecule has 1 heterocycles. The van der Waals surface area contributed by atoms with Crippen molar-refractivity contribution in [2.24, 2.45) is 5.73 Å². The molecule has 0 aliphatic carbocycles. The summed E-state index contributed by atoms with van der Waals surface area (Å²) in [7, 11) is 0. The predicted molar refractivity (Wildman–Crippen MR) is 62.0 cm³/mol. The summed E-state index contributed by atoms with van der Waals surface area (Å²) >= 11 is 0. The summed E-state index contributed by atoms with van der Waals surface area (Å²) < 4.78 is 0. The first-order valence-electron chi connectivity index (χ1n) is 5.01. The number of carbonyl (C=O) groups is 3.